The third-order valence-corrected chi connectivity index (χ3v) is 4.87. The molecule has 2 nitrogen and oxygen atoms in total. The van der Waals surface area contributed by atoms with E-state index in [4.69, 9.17) is 11.6 Å². The smallest absolute Gasteiger partial charge is 0.259 e. The van der Waals surface area contributed by atoms with E-state index in [2.05, 4.69) is 37.3 Å². The Morgan fingerprint density at radius 3 is 2.31 bits per heavy atom. The van der Waals surface area contributed by atoms with Crippen LogP contribution in [0, 0.1) is 6.92 Å². The number of benzene rings is 3. The van der Waals surface area contributed by atoms with Crippen LogP contribution in [0.3, 0.4) is 0 Å². The lowest BCUT2D eigenvalue weighted by atomic mass is 10.1. The molecule has 128 valence electrons. The van der Waals surface area contributed by atoms with Gasteiger partial charge in [-0.3, -0.25) is 4.79 Å². The Morgan fingerprint density at radius 1 is 0.885 bits per heavy atom. The van der Waals surface area contributed by atoms with Gasteiger partial charge in [-0.15, -0.1) is 0 Å². The number of hydrogen-bond acceptors (Lipinski definition) is 1. The lowest BCUT2D eigenvalue weighted by Crippen LogP contribution is -2.22. The van der Waals surface area contributed by atoms with Crippen LogP contribution in [0.15, 0.2) is 83.7 Å². The van der Waals surface area contributed by atoms with Crippen molar-refractivity contribution in [2.75, 3.05) is 0 Å². The first-order valence-electron chi connectivity index (χ1n) is 8.56. The SMILES string of the molecule is Cc1ccc(Cn2c(-c3ccc(Cl)cc3)cc3ccccc3c2=O)cc1. The van der Waals surface area contributed by atoms with Crippen LogP contribution in [-0.4, -0.2) is 4.57 Å². The van der Waals surface area contributed by atoms with Crippen LogP contribution in [0.25, 0.3) is 22.0 Å². The Morgan fingerprint density at radius 2 is 1.58 bits per heavy atom. The van der Waals surface area contributed by atoms with Crippen LogP contribution in [0.1, 0.15) is 11.1 Å². The summed E-state index contributed by atoms with van der Waals surface area (Å²) in [7, 11) is 0. The highest BCUT2D eigenvalue weighted by Gasteiger charge is 2.11. The molecule has 0 amide bonds. The van der Waals surface area contributed by atoms with E-state index in [0.717, 1.165) is 27.6 Å². The van der Waals surface area contributed by atoms with Gasteiger partial charge in [0.1, 0.15) is 0 Å². The Labute approximate surface area is 157 Å². The number of aryl methyl sites for hydroxylation is 1. The molecule has 4 aromatic rings. The van der Waals surface area contributed by atoms with Crippen molar-refractivity contribution in [2.45, 2.75) is 13.5 Å². The molecule has 0 aliphatic rings. The normalized spacial score (nSPS) is 11.0. The zero-order valence-electron chi connectivity index (χ0n) is 14.4. The maximum absolute atomic E-state index is 13.2. The molecule has 0 N–H and O–H groups in total. The van der Waals surface area contributed by atoms with Gasteiger partial charge in [-0.05, 0) is 47.7 Å². The summed E-state index contributed by atoms with van der Waals surface area (Å²) in [6.07, 6.45) is 0. The van der Waals surface area contributed by atoms with Crippen LogP contribution in [0.5, 0.6) is 0 Å². The van der Waals surface area contributed by atoms with E-state index in [0.29, 0.717) is 11.6 Å². The summed E-state index contributed by atoms with van der Waals surface area (Å²) in [5, 5.41) is 2.36. The average molecular weight is 360 g/mol. The maximum atomic E-state index is 13.2. The number of aromatic nitrogens is 1. The van der Waals surface area contributed by atoms with Crippen molar-refractivity contribution in [3.63, 3.8) is 0 Å². The molecule has 0 unspecified atom stereocenters. The molecule has 3 heteroatoms. The molecule has 0 fully saturated rings. The third kappa shape index (κ3) is 3.16. The van der Waals surface area contributed by atoms with Crippen LogP contribution in [0.2, 0.25) is 5.02 Å². The zero-order valence-corrected chi connectivity index (χ0v) is 15.2. The largest absolute Gasteiger partial charge is 0.303 e. The van der Waals surface area contributed by atoms with Gasteiger partial charge in [-0.25, -0.2) is 0 Å². The van der Waals surface area contributed by atoms with E-state index in [-0.39, 0.29) is 5.56 Å². The van der Waals surface area contributed by atoms with Gasteiger partial charge in [0.05, 0.1) is 12.2 Å². The summed E-state index contributed by atoms with van der Waals surface area (Å²) in [4.78, 5) is 13.2. The van der Waals surface area contributed by atoms with Crippen molar-refractivity contribution in [2.24, 2.45) is 0 Å². The van der Waals surface area contributed by atoms with Crippen molar-refractivity contribution < 1.29 is 0 Å². The molecule has 3 aromatic carbocycles. The van der Waals surface area contributed by atoms with Gasteiger partial charge in [-0.1, -0.05) is 71.8 Å². The standard InChI is InChI=1S/C23H18ClNO/c1-16-6-8-17(9-7-16)15-25-22(18-10-12-20(24)13-11-18)14-19-4-2-3-5-21(19)23(25)26/h2-14H,15H2,1H3. The van der Waals surface area contributed by atoms with Gasteiger partial charge in [0, 0.05) is 10.4 Å². The van der Waals surface area contributed by atoms with Crippen LogP contribution >= 0.6 is 11.6 Å². The maximum Gasteiger partial charge on any atom is 0.259 e. The van der Waals surface area contributed by atoms with Gasteiger partial charge in [-0.2, -0.15) is 0 Å². The molecule has 1 aromatic heterocycles. The highest BCUT2D eigenvalue weighted by atomic mass is 35.5. The Bertz CT molecular complexity index is 1130. The van der Waals surface area contributed by atoms with Crippen molar-refractivity contribution >= 4 is 22.4 Å². The van der Waals surface area contributed by atoms with Crippen LogP contribution in [0.4, 0.5) is 0 Å². The average Bonchev–Trinajstić information content (AvgIpc) is 2.66. The lowest BCUT2D eigenvalue weighted by molar-refractivity contribution is 0.777. The lowest BCUT2D eigenvalue weighted by Gasteiger charge is -2.15. The number of halogens is 1. The van der Waals surface area contributed by atoms with Crippen molar-refractivity contribution in [3.05, 3.63) is 105 Å². The molecule has 0 aliphatic heterocycles. The van der Waals surface area contributed by atoms with Gasteiger partial charge in [0.2, 0.25) is 0 Å². The van der Waals surface area contributed by atoms with Crippen LogP contribution < -0.4 is 5.56 Å². The fourth-order valence-electron chi connectivity index (χ4n) is 3.19. The molecular formula is C23H18ClNO. The summed E-state index contributed by atoms with van der Waals surface area (Å²) in [5.41, 5.74) is 4.20. The first kappa shape index (κ1) is 16.6. The minimum Gasteiger partial charge on any atom is -0.303 e. The van der Waals surface area contributed by atoms with Crippen molar-refractivity contribution in [1.29, 1.82) is 0 Å². The number of fused-ring (bicyclic) bond motifs is 1. The Kier molecular flexibility index (Phi) is 4.36. The minimum absolute atomic E-state index is 0.0219. The molecule has 0 radical (unpaired) electrons. The molecule has 1 heterocycles. The predicted octanol–water partition coefficient (Wildman–Crippen LogP) is 5.68. The predicted molar refractivity (Wildman–Crippen MR) is 109 cm³/mol. The van der Waals surface area contributed by atoms with Gasteiger partial charge in [0.15, 0.2) is 0 Å². The van der Waals surface area contributed by atoms with E-state index in [9.17, 15) is 4.79 Å². The van der Waals surface area contributed by atoms with Crippen molar-refractivity contribution in [3.8, 4) is 11.3 Å². The summed E-state index contributed by atoms with van der Waals surface area (Å²) in [5.74, 6) is 0. The summed E-state index contributed by atoms with van der Waals surface area (Å²) in [6, 6.07) is 25.7. The van der Waals surface area contributed by atoms with E-state index < -0.39 is 0 Å². The molecule has 0 saturated heterocycles. The topological polar surface area (TPSA) is 22.0 Å². The second-order valence-corrected chi connectivity index (χ2v) is 6.94. The molecule has 4 rings (SSSR count). The van der Waals surface area contributed by atoms with E-state index >= 15 is 0 Å². The van der Waals surface area contributed by atoms with Gasteiger partial charge < -0.3 is 4.57 Å². The second-order valence-electron chi connectivity index (χ2n) is 6.50. The highest BCUT2D eigenvalue weighted by Crippen LogP contribution is 2.24. The second kappa shape index (κ2) is 6.81. The van der Waals surface area contributed by atoms with E-state index in [1.165, 1.54) is 5.56 Å². The Hall–Kier alpha value is -2.84. The van der Waals surface area contributed by atoms with E-state index in [1.807, 2.05) is 53.1 Å². The van der Waals surface area contributed by atoms with Gasteiger partial charge in [0.25, 0.3) is 5.56 Å². The number of rotatable bonds is 3. The molecule has 0 aliphatic carbocycles. The van der Waals surface area contributed by atoms with E-state index in [1.54, 1.807) is 0 Å². The number of hydrogen-bond donors (Lipinski definition) is 0. The highest BCUT2D eigenvalue weighted by molar-refractivity contribution is 6.30. The third-order valence-electron chi connectivity index (χ3n) is 4.62. The summed E-state index contributed by atoms with van der Waals surface area (Å²) in [6.45, 7) is 2.59. The van der Waals surface area contributed by atoms with Gasteiger partial charge >= 0.3 is 0 Å². The molecule has 0 bridgehead atoms. The fourth-order valence-corrected chi connectivity index (χ4v) is 3.32. The summed E-state index contributed by atoms with van der Waals surface area (Å²) < 4.78 is 1.84. The molecule has 0 spiro atoms. The number of nitrogens with zero attached hydrogens (tertiary/aromatic N) is 1. The molecule has 26 heavy (non-hydrogen) atoms. The first-order valence-corrected chi connectivity index (χ1v) is 8.94. The molecule has 0 atom stereocenters. The fraction of sp³-hybridized carbons (Fsp3) is 0.0870. The molecule has 0 saturated carbocycles. The Balaban J connectivity index is 1.94. The summed E-state index contributed by atoms with van der Waals surface area (Å²) >= 11 is 6.04. The monoisotopic (exact) mass is 359 g/mol. The first-order chi connectivity index (χ1) is 12.6. The number of pyridine rings is 1. The quantitative estimate of drug-likeness (QED) is 0.461. The molecular weight excluding hydrogens is 342 g/mol. The van der Waals surface area contributed by atoms with Crippen molar-refractivity contribution in [1.82, 2.24) is 4.57 Å². The zero-order chi connectivity index (χ0) is 18.1. The minimum atomic E-state index is 0.0219. The van der Waals surface area contributed by atoms with Crippen LogP contribution in [-0.2, 0) is 6.54 Å².